The summed E-state index contributed by atoms with van der Waals surface area (Å²) < 4.78 is 35.4. The molecule has 0 amide bonds. The van der Waals surface area contributed by atoms with E-state index in [1.165, 1.54) is 0 Å². The number of carboxylic acids is 1. The predicted octanol–water partition coefficient (Wildman–Crippen LogP) is 3.45. The van der Waals surface area contributed by atoms with Crippen molar-refractivity contribution in [3.63, 3.8) is 0 Å². The highest BCUT2D eigenvalue weighted by atomic mass is 79.9. The molecule has 0 radical (unpaired) electrons. The van der Waals surface area contributed by atoms with Gasteiger partial charge in [-0.05, 0) is 49.1 Å². The summed E-state index contributed by atoms with van der Waals surface area (Å²) in [4.78, 5) is 11.1. The van der Waals surface area contributed by atoms with Gasteiger partial charge in [0.05, 0.1) is 4.90 Å². The van der Waals surface area contributed by atoms with Gasteiger partial charge in [0.2, 0.25) is 10.0 Å². The highest BCUT2D eigenvalue weighted by Crippen LogP contribution is 2.49. The van der Waals surface area contributed by atoms with Crippen LogP contribution in [0.25, 0.3) is 0 Å². The number of sulfonamides is 1. The summed E-state index contributed by atoms with van der Waals surface area (Å²) in [5, 5.41) is 8.96. The average Bonchev–Trinajstić information content (AvgIpc) is 3.20. The minimum atomic E-state index is -3.64. The second kappa shape index (κ2) is 7.50. The van der Waals surface area contributed by atoms with E-state index in [0.717, 1.165) is 27.8 Å². The fraction of sp³-hybridized carbons (Fsp3) is 0.350. The van der Waals surface area contributed by atoms with Gasteiger partial charge in [-0.3, -0.25) is 4.79 Å². The standard InChI is InChI=1S/C20H20BrNO5S/c21-13-5-7-14(8-6-13)28(25,26)22-16-9-10-17-19(16)15-3-1-2-12(20(15)27-17)4-11-18(23)24/h1-3,5-8,16-17,19,22H,4,9-11H2,(H,23,24). The molecular formula is C20H20BrNO5S. The van der Waals surface area contributed by atoms with Crippen molar-refractivity contribution in [2.75, 3.05) is 0 Å². The molecule has 8 heteroatoms. The van der Waals surface area contributed by atoms with Gasteiger partial charge >= 0.3 is 5.97 Å². The number of para-hydroxylation sites is 1. The second-order valence-corrected chi connectivity index (χ2v) is 9.80. The van der Waals surface area contributed by atoms with Crippen LogP contribution in [0.2, 0.25) is 0 Å². The molecule has 0 aromatic heterocycles. The van der Waals surface area contributed by atoms with Gasteiger partial charge in [0.1, 0.15) is 11.9 Å². The minimum Gasteiger partial charge on any atom is -0.489 e. The summed E-state index contributed by atoms with van der Waals surface area (Å²) >= 11 is 3.32. The Hall–Kier alpha value is -1.90. The van der Waals surface area contributed by atoms with Crippen LogP contribution in [0, 0.1) is 0 Å². The fourth-order valence-corrected chi connectivity index (χ4v) is 5.68. The van der Waals surface area contributed by atoms with Crippen molar-refractivity contribution in [3.8, 4) is 5.75 Å². The zero-order valence-electron chi connectivity index (χ0n) is 15.0. The molecule has 1 aliphatic heterocycles. The lowest BCUT2D eigenvalue weighted by molar-refractivity contribution is -0.136. The quantitative estimate of drug-likeness (QED) is 0.681. The summed E-state index contributed by atoms with van der Waals surface area (Å²) in [7, 11) is -3.64. The monoisotopic (exact) mass is 465 g/mol. The molecule has 6 nitrogen and oxygen atoms in total. The zero-order chi connectivity index (χ0) is 19.9. The largest absolute Gasteiger partial charge is 0.489 e. The number of nitrogens with one attached hydrogen (secondary N) is 1. The minimum absolute atomic E-state index is 0.0365. The molecule has 0 spiro atoms. The maximum absolute atomic E-state index is 12.8. The van der Waals surface area contributed by atoms with Crippen molar-refractivity contribution >= 4 is 31.9 Å². The number of hydrogen-bond donors (Lipinski definition) is 2. The smallest absolute Gasteiger partial charge is 0.303 e. The number of aliphatic carboxylic acids is 1. The summed E-state index contributed by atoms with van der Waals surface area (Å²) in [5.74, 6) is -0.188. The van der Waals surface area contributed by atoms with Gasteiger partial charge in [-0.1, -0.05) is 34.1 Å². The van der Waals surface area contributed by atoms with Crippen molar-refractivity contribution < 1.29 is 23.1 Å². The van der Waals surface area contributed by atoms with Gasteiger partial charge in [0.25, 0.3) is 0 Å². The van der Waals surface area contributed by atoms with Crippen LogP contribution in [0.15, 0.2) is 51.8 Å². The van der Waals surface area contributed by atoms with Crippen molar-refractivity contribution in [2.45, 2.75) is 48.6 Å². The van der Waals surface area contributed by atoms with Crippen LogP contribution in [0.1, 0.15) is 36.3 Å². The van der Waals surface area contributed by atoms with E-state index in [2.05, 4.69) is 20.7 Å². The Kier molecular flexibility index (Phi) is 5.20. The van der Waals surface area contributed by atoms with Crippen molar-refractivity contribution in [1.29, 1.82) is 0 Å². The van der Waals surface area contributed by atoms with E-state index in [9.17, 15) is 13.2 Å². The van der Waals surface area contributed by atoms with Gasteiger partial charge in [-0.25, -0.2) is 13.1 Å². The maximum Gasteiger partial charge on any atom is 0.303 e. The normalized spacial score (nSPS) is 23.1. The number of carboxylic acid groups (broad SMARTS) is 1. The Morgan fingerprint density at radius 1 is 1.18 bits per heavy atom. The van der Waals surface area contributed by atoms with E-state index < -0.39 is 16.0 Å². The van der Waals surface area contributed by atoms with E-state index in [1.54, 1.807) is 24.3 Å². The van der Waals surface area contributed by atoms with Crippen LogP contribution in [0.4, 0.5) is 0 Å². The zero-order valence-corrected chi connectivity index (χ0v) is 17.4. The van der Waals surface area contributed by atoms with Crippen LogP contribution < -0.4 is 9.46 Å². The van der Waals surface area contributed by atoms with E-state index in [0.29, 0.717) is 12.8 Å². The third-order valence-electron chi connectivity index (χ3n) is 5.39. The Morgan fingerprint density at radius 3 is 2.64 bits per heavy atom. The first kappa shape index (κ1) is 19.4. The number of carbonyl (C=O) groups is 1. The second-order valence-electron chi connectivity index (χ2n) is 7.17. The fourth-order valence-electron chi connectivity index (χ4n) is 4.13. The van der Waals surface area contributed by atoms with Crippen LogP contribution in [0.5, 0.6) is 5.75 Å². The first-order valence-corrected chi connectivity index (χ1v) is 11.4. The number of rotatable bonds is 6. The first-order chi connectivity index (χ1) is 13.3. The van der Waals surface area contributed by atoms with Crippen molar-refractivity contribution in [2.24, 2.45) is 0 Å². The van der Waals surface area contributed by atoms with E-state index in [4.69, 9.17) is 9.84 Å². The molecule has 28 heavy (non-hydrogen) atoms. The highest BCUT2D eigenvalue weighted by molar-refractivity contribution is 9.10. The van der Waals surface area contributed by atoms with Gasteiger partial charge < -0.3 is 9.84 Å². The predicted molar refractivity (Wildman–Crippen MR) is 107 cm³/mol. The molecule has 0 saturated heterocycles. The van der Waals surface area contributed by atoms with Crippen molar-refractivity contribution in [1.82, 2.24) is 4.72 Å². The molecule has 2 aromatic rings. The molecule has 1 fully saturated rings. The molecule has 1 heterocycles. The van der Waals surface area contributed by atoms with Crippen LogP contribution in [0.3, 0.4) is 0 Å². The number of aryl methyl sites for hydroxylation is 1. The van der Waals surface area contributed by atoms with Gasteiger partial charge in [-0.2, -0.15) is 0 Å². The third kappa shape index (κ3) is 3.68. The van der Waals surface area contributed by atoms with Gasteiger partial charge in [0.15, 0.2) is 0 Å². The summed E-state index contributed by atoms with van der Waals surface area (Å²) in [5.41, 5.74) is 1.83. The number of ether oxygens (including phenoxy) is 1. The lowest BCUT2D eigenvalue weighted by Crippen LogP contribution is -2.37. The molecule has 2 N–H and O–H groups in total. The molecule has 148 valence electrons. The summed E-state index contributed by atoms with van der Waals surface area (Å²) in [6.45, 7) is 0. The Labute approximate surface area is 172 Å². The first-order valence-electron chi connectivity index (χ1n) is 9.13. The lowest BCUT2D eigenvalue weighted by atomic mass is 9.92. The summed E-state index contributed by atoms with van der Waals surface area (Å²) in [6.07, 6.45) is 1.80. The summed E-state index contributed by atoms with van der Waals surface area (Å²) in [6, 6.07) is 12.0. The third-order valence-corrected chi connectivity index (χ3v) is 7.42. The number of fused-ring (bicyclic) bond motifs is 3. The Bertz CT molecular complexity index is 1010. The van der Waals surface area contributed by atoms with E-state index in [1.807, 2.05) is 18.2 Å². The molecule has 3 unspecified atom stereocenters. The van der Waals surface area contributed by atoms with E-state index >= 15 is 0 Å². The maximum atomic E-state index is 12.8. The Balaban J connectivity index is 1.58. The number of hydrogen-bond acceptors (Lipinski definition) is 4. The van der Waals surface area contributed by atoms with Crippen LogP contribution in [-0.4, -0.2) is 31.6 Å². The number of benzene rings is 2. The highest BCUT2D eigenvalue weighted by Gasteiger charge is 2.46. The lowest BCUT2D eigenvalue weighted by Gasteiger charge is -2.19. The molecule has 3 atom stereocenters. The van der Waals surface area contributed by atoms with Crippen LogP contribution >= 0.6 is 15.9 Å². The topological polar surface area (TPSA) is 92.7 Å². The van der Waals surface area contributed by atoms with Gasteiger partial charge in [0, 0.05) is 28.4 Å². The number of halogens is 1. The molecule has 4 rings (SSSR count). The average molecular weight is 466 g/mol. The molecule has 1 aliphatic carbocycles. The van der Waals surface area contributed by atoms with Crippen LogP contribution in [-0.2, 0) is 21.2 Å². The molecular weight excluding hydrogens is 446 g/mol. The molecule has 0 bridgehead atoms. The van der Waals surface area contributed by atoms with Gasteiger partial charge in [-0.15, -0.1) is 0 Å². The molecule has 1 saturated carbocycles. The van der Waals surface area contributed by atoms with Crippen molar-refractivity contribution in [3.05, 3.63) is 58.1 Å². The SMILES string of the molecule is O=C(O)CCc1cccc2c1OC1CCC(NS(=O)(=O)c3ccc(Br)cc3)C21. The molecule has 2 aliphatic rings. The Morgan fingerprint density at radius 2 is 1.93 bits per heavy atom. The van der Waals surface area contributed by atoms with E-state index in [-0.39, 0.29) is 29.4 Å². The molecule has 2 aromatic carbocycles.